The van der Waals surface area contributed by atoms with Gasteiger partial charge in [-0.05, 0) is 6.42 Å². The number of methoxy groups -OCH3 is 1. The summed E-state index contributed by atoms with van der Waals surface area (Å²) in [6.45, 7) is 2.85. The molecule has 0 unspecified atom stereocenters. The number of rotatable bonds is 2. The van der Waals surface area contributed by atoms with Crippen LogP contribution in [0.15, 0.2) is 0 Å². The van der Waals surface area contributed by atoms with Gasteiger partial charge in [-0.1, -0.05) is 6.92 Å². The lowest BCUT2D eigenvalue weighted by Crippen LogP contribution is -2.41. The van der Waals surface area contributed by atoms with Gasteiger partial charge >= 0.3 is 0 Å². The van der Waals surface area contributed by atoms with E-state index in [4.69, 9.17) is 14.6 Å². The van der Waals surface area contributed by atoms with Gasteiger partial charge in [0.05, 0.1) is 18.8 Å². The lowest BCUT2D eigenvalue weighted by Gasteiger charge is -2.34. The predicted molar refractivity (Wildman–Crippen MR) is 41.4 cm³/mol. The van der Waals surface area contributed by atoms with E-state index in [0.29, 0.717) is 12.5 Å². The van der Waals surface area contributed by atoms with Gasteiger partial charge < -0.3 is 14.6 Å². The van der Waals surface area contributed by atoms with E-state index < -0.39 is 0 Å². The van der Waals surface area contributed by atoms with E-state index in [-0.39, 0.29) is 18.8 Å². The molecule has 0 aromatic rings. The highest BCUT2D eigenvalue weighted by molar-refractivity contribution is 4.78. The molecule has 0 aromatic carbocycles. The van der Waals surface area contributed by atoms with Crippen molar-refractivity contribution in [2.75, 3.05) is 20.3 Å². The Morgan fingerprint density at radius 2 is 2.36 bits per heavy atom. The minimum absolute atomic E-state index is 0.0336. The molecule has 1 aliphatic heterocycles. The van der Waals surface area contributed by atoms with Gasteiger partial charge in [0.2, 0.25) is 0 Å². The SMILES string of the molecule is CO[C@@H]1CCO[C@H](CO)[C@@H]1C. The second kappa shape index (κ2) is 4.04. The molecule has 0 aliphatic carbocycles. The number of aliphatic hydroxyl groups excluding tert-OH is 1. The highest BCUT2D eigenvalue weighted by Gasteiger charge is 2.29. The third-order valence-electron chi connectivity index (χ3n) is 2.39. The molecule has 1 rings (SSSR count). The minimum atomic E-state index is -0.0336. The van der Waals surface area contributed by atoms with Gasteiger partial charge in [-0.25, -0.2) is 0 Å². The third-order valence-corrected chi connectivity index (χ3v) is 2.39. The average Bonchev–Trinajstić information content (AvgIpc) is 2.05. The fourth-order valence-electron chi connectivity index (χ4n) is 1.54. The summed E-state index contributed by atoms with van der Waals surface area (Å²) in [6.07, 6.45) is 1.16. The van der Waals surface area contributed by atoms with Gasteiger partial charge in [-0.15, -0.1) is 0 Å². The van der Waals surface area contributed by atoms with Gasteiger partial charge in [0.1, 0.15) is 0 Å². The Morgan fingerprint density at radius 1 is 1.64 bits per heavy atom. The molecule has 0 amide bonds. The molecular weight excluding hydrogens is 144 g/mol. The summed E-state index contributed by atoms with van der Waals surface area (Å²) >= 11 is 0. The monoisotopic (exact) mass is 160 g/mol. The van der Waals surface area contributed by atoms with Crippen molar-refractivity contribution in [3.05, 3.63) is 0 Å². The molecule has 66 valence electrons. The molecule has 0 spiro atoms. The van der Waals surface area contributed by atoms with Crippen molar-refractivity contribution in [2.24, 2.45) is 5.92 Å². The fourth-order valence-corrected chi connectivity index (χ4v) is 1.54. The lowest BCUT2D eigenvalue weighted by molar-refractivity contribution is -0.114. The molecule has 1 fully saturated rings. The van der Waals surface area contributed by atoms with E-state index in [0.717, 1.165) is 6.42 Å². The number of aliphatic hydroxyl groups is 1. The summed E-state index contributed by atoms with van der Waals surface area (Å²) < 4.78 is 10.6. The summed E-state index contributed by atoms with van der Waals surface area (Å²) in [6, 6.07) is 0. The van der Waals surface area contributed by atoms with E-state index >= 15 is 0 Å². The number of hydrogen-bond donors (Lipinski definition) is 1. The molecule has 0 radical (unpaired) electrons. The molecular formula is C8H16O3. The van der Waals surface area contributed by atoms with Crippen molar-refractivity contribution < 1.29 is 14.6 Å². The number of hydrogen-bond acceptors (Lipinski definition) is 3. The van der Waals surface area contributed by atoms with Crippen molar-refractivity contribution in [2.45, 2.75) is 25.6 Å². The third kappa shape index (κ3) is 1.92. The lowest BCUT2D eigenvalue weighted by atomic mass is 9.94. The van der Waals surface area contributed by atoms with Gasteiger partial charge in [-0.3, -0.25) is 0 Å². The predicted octanol–water partition coefficient (Wildman–Crippen LogP) is 0.419. The first-order chi connectivity index (χ1) is 5.29. The van der Waals surface area contributed by atoms with Gasteiger partial charge in [0.25, 0.3) is 0 Å². The van der Waals surface area contributed by atoms with Crippen LogP contribution in [0.5, 0.6) is 0 Å². The molecule has 0 bridgehead atoms. The van der Waals surface area contributed by atoms with Crippen molar-refractivity contribution in [1.29, 1.82) is 0 Å². The Kier molecular flexibility index (Phi) is 3.30. The van der Waals surface area contributed by atoms with Gasteiger partial charge in [0, 0.05) is 19.6 Å². The molecule has 3 atom stereocenters. The fraction of sp³-hybridized carbons (Fsp3) is 1.00. The summed E-state index contributed by atoms with van der Waals surface area (Å²) in [7, 11) is 1.71. The second-order valence-electron chi connectivity index (χ2n) is 3.01. The molecule has 11 heavy (non-hydrogen) atoms. The maximum absolute atomic E-state index is 8.89. The largest absolute Gasteiger partial charge is 0.394 e. The standard InChI is InChI=1S/C8H16O3/c1-6-7(10-2)3-4-11-8(6)5-9/h6-9H,3-5H2,1-2H3/t6-,7-,8-/m1/s1. The molecule has 3 nitrogen and oxygen atoms in total. The van der Waals surface area contributed by atoms with E-state index in [9.17, 15) is 0 Å². The zero-order chi connectivity index (χ0) is 8.27. The molecule has 1 saturated heterocycles. The minimum Gasteiger partial charge on any atom is -0.394 e. The Hall–Kier alpha value is -0.120. The van der Waals surface area contributed by atoms with E-state index in [2.05, 4.69) is 0 Å². The summed E-state index contributed by atoms with van der Waals surface area (Å²) in [5.41, 5.74) is 0. The van der Waals surface area contributed by atoms with Crippen molar-refractivity contribution in [1.82, 2.24) is 0 Å². The zero-order valence-electron chi connectivity index (χ0n) is 7.12. The van der Waals surface area contributed by atoms with Crippen LogP contribution in [0.4, 0.5) is 0 Å². The quantitative estimate of drug-likeness (QED) is 0.636. The first kappa shape index (κ1) is 8.97. The van der Waals surface area contributed by atoms with Crippen LogP contribution < -0.4 is 0 Å². The maximum atomic E-state index is 8.89. The Labute approximate surface area is 67.3 Å². The van der Waals surface area contributed by atoms with Crippen LogP contribution in [0.25, 0.3) is 0 Å². The Morgan fingerprint density at radius 3 is 2.91 bits per heavy atom. The molecule has 0 aromatic heterocycles. The van der Waals surface area contributed by atoms with Gasteiger partial charge in [0.15, 0.2) is 0 Å². The van der Waals surface area contributed by atoms with E-state index in [1.54, 1.807) is 7.11 Å². The van der Waals surface area contributed by atoms with E-state index in [1.165, 1.54) is 0 Å². The molecule has 1 heterocycles. The highest BCUT2D eigenvalue weighted by Crippen LogP contribution is 2.22. The average molecular weight is 160 g/mol. The summed E-state index contributed by atoms with van der Waals surface area (Å²) in [4.78, 5) is 0. The van der Waals surface area contributed by atoms with Crippen LogP contribution in [-0.2, 0) is 9.47 Å². The normalized spacial score (nSPS) is 39.0. The molecule has 3 heteroatoms. The maximum Gasteiger partial charge on any atom is 0.0855 e. The van der Waals surface area contributed by atoms with Crippen molar-refractivity contribution >= 4 is 0 Å². The van der Waals surface area contributed by atoms with Crippen LogP contribution in [0.2, 0.25) is 0 Å². The van der Waals surface area contributed by atoms with Crippen LogP contribution in [0.1, 0.15) is 13.3 Å². The van der Waals surface area contributed by atoms with Crippen LogP contribution >= 0.6 is 0 Å². The number of ether oxygens (including phenoxy) is 2. The zero-order valence-corrected chi connectivity index (χ0v) is 7.12. The Bertz CT molecular complexity index is 104. The van der Waals surface area contributed by atoms with Crippen LogP contribution in [-0.4, -0.2) is 37.6 Å². The van der Waals surface area contributed by atoms with Crippen LogP contribution in [0.3, 0.4) is 0 Å². The topological polar surface area (TPSA) is 38.7 Å². The van der Waals surface area contributed by atoms with Crippen LogP contribution in [0, 0.1) is 5.92 Å². The first-order valence-electron chi connectivity index (χ1n) is 4.05. The summed E-state index contributed by atoms with van der Waals surface area (Å²) in [5.74, 6) is 0.304. The summed E-state index contributed by atoms with van der Waals surface area (Å²) in [5, 5.41) is 8.89. The molecule has 1 N–H and O–H groups in total. The Balaban J connectivity index is 2.45. The first-order valence-corrected chi connectivity index (χ1v) is 4.05. The van der Waals surface area contributed by atoms with Crippen molar-refractivity contribution in [3.63, 3.8) is 0 Å². The highest BCUT2D eigenvalue weighted by atomic mass is 16.5. The van der Waals surface area contributed by atoms with Gasteiger partial charge in [-0.2, -0.15) is 0 Å². The second-order valence-corrected chi connectivity index (χ2v) is 3.01. The van der Waals surface area contributed by atoms with E-state index in [1.807, 2.05) is 6.92 Å². The molecule has 1 aliphatic rings. The molecule has 0 saturated carbocycles. The smallest absolute Gasteiger partial charge is 0.0855 e. The van der Waals surface area contributed by atoms with Crippen molar-refractivity contribution in [3.8, 4) is 0 Å².